The number of aliphatic carboxylic acids is 1. The van der Waals surface area contributed by atoms with E-state index in [9.17, 15) is 18.0 Å². The molecule has 0 unspecified atom stereocenters. The van der Waals surface area contributed by atoms with E-state index in [0.717, 1.165) is 5.56 Å². The highest BCUT2D eigenvalue weighted by Crippen LogP contribution is 2.12. The van der Waals surface area contributed by atoms with Crippen LogP contribution in [0.1, 0.15) is 25.8 Å². The van der Waals surface area contributed by atoms with Crippen LogP contribution in [0.3, 0.4) is 0 Å². The molecule has 8 heteroatoms. The topological polar surface area (TPSA) is 113 Å². The molecule has 0 aliphatic heterocycles. The van der Waals surface area contributed by atoms with Crippen molar-refractivity contribution in [3.05, 3.63) is 29.8 Å². The number of rotatable bonds is 7. The van der Waals surface area contributed by atoms with Crippen molar-refractivity contribution < 1.29 is 23.1 Å². The van der Waals surface area contributed by atoms with Crippen molar-refractivity contribution in [2.75, 3.05) is 0 Å². The lowest BCUT2D eigenvalue weighted by Gasteiger charge is -2.13. The van der Waals surface area contributed by atoms with Crippen LogP contribution in [0, 0.1) is 0 Å². The van der Waals surface area contributed by atoms with Gasteiger partial charge in [0.2, 0.25) is 15.9 Å². The molecule has 0 bridgehead atoms. The average molecular weight is 314 g/mol. The first kappa shape index (κ1) is 17.1. The minimum atomic E-state index is -3.88. The van der Waals surface area contributed by atoms with E-state index in [4.69, 9.17) is 5.11 Å². The Balaban J connectivity index is 2.84. The first-order valence-corrected chi connectivity index (χ1v) is 7.83. The number of carbonyl (C=O) groups excluding carboxylic acids is 1. The summed E-state index contributed by atoms with van der Waals surface area (Å²) in [6.45, 7) is 3.27. The van der Waals surface area contributed by atoms with Crippen LogP contribution in [0.25, 0.3) is 0 Å². The molecular formula is C13H18N2O5S. The van der Waals surface area contributed by atoms with E-state index in [0.29, 0.717) is 6.54 Å². The molecule has 1 aromatic rings. The fourth-order valence-electron chi connectivity index (χ4n) is 1.58. The average Bonchev–Trinajstić information content (AvgIpc) is 2.42. The largest absolute Gasteiger partial charge is 0.480 e. The number of hydrogen-bond acceptors (Lipinski definition) is 4. The van der Waals surface area contributed by atoms with Gasteiger partial charge in [0.05, 0.1) is 4.90 Å². The van der Waals surface area contributed by atoms with Crippen LogP contribution in [0.5, 0.6) is 0 Å². The fraction of sp³-hybridized carbons (Fsp3) is 0.385. The van der Waals surface area contributed by atoms with Gasteiger partial charge in [-0.05, 0) is 24.1 Å². The molecular weight excluding hydrogens is 296 g/mol. The van der Waals surface area contributed by atoms with Gasteiger partial charge in [0.1, 0.15) is 6.04 Å². The number of carboxylic acids is 1. The highest BCUT2D eigenvalue weighted by Gasteiger charge is 2.23. The number of hydrogen-bond donors (Lipinski definition) is 3. The number of amides is 1. The van der Waals surface area contributed by atoms with Crippen LogP contribution in [0.4, 0.5) is 0 Å². The summed E-state index contributed by atoms with van der Waals surface area (Å²) in [5.74, 6) is -1.40. The van der Waals surface area contributed by atoms with Crippen LogP contribution in [-0.2, 0) is 26.2 Å². The summed E-state index contributed by atoms with van der Waals surface area (Å²) in [7, 11) is -3.88. The van der Waals surface area contributed by atoms with E-state index >= 15 is 0 Å². The standard InChI is InChI=1S/C13H18N2O5S/c1-3-12(13(17)18)15-21(19,20)11-6-4-10(5-7-11)8-14-9(2)16/h4-7,12,15H,3,8H2,1-2H3,(H,14,16)(H,17,18)/t12-/m1/s1. The third-order valence-electron chi connectivity index (χ3n) is 2.78. The Morgan fingerprint density at radius 1 is 1.24 bits per heavy atom. The molecule has 1 rings (SSSR count). The molecule has 1 aromatic carbocycles. The maximum absolute atomic E-state index is 12.0. The monoisotopic (exact) mass is 314 g/mol. The molecule has 0 saturated carbocycles. The van der Waals surface area contributed by atoms with Gasteiger partial charge < -0.3 is 10.4 Å². The van der Waals surface area contributed by atoms with Crippen LogP contribution in [-0.4, -0.2) is 31.4 Å². The lowest BCUT2D eigenvalue weighted by atomic mass is 10.2. The van der Waals surface area contributed by atoms with Crippen LogP contribution < -0.4 is 10.0 Å². The van der Waals surface area contributed by atoms with Gasteiger partial charge in [0.15, 0.2) is 0 Å². The van der Waals surface area contributed by atoms with Crippen molar-refractivity contribution in [3.8, 4) is 0 Å². The van der Waals surface area contributed by atoms with Gasteiger partial charge >= 0.3 is 5.97 Å². The number of nitrogens with one attached hydrogen (secondary N) is 2. The highest BCUT2D eigenvalue weighted by molar-refractivity contribution is 7.89. The van der Waals surface area contributed by atoms with Crippen molar-refractivity contribution in [2.45, 2.75) is 37.8 Å². The summed E-state index contributed by atoms with van der Waals surface area (Å²) >= 11 is 0. The quantitative estimate of drug-likeness (QED) is 0.677. The first-order chi connectivity index (χ1) is 9.76. The molecule has 116 valence electrons. The Kier molecular flexibility index (Phi) is 5.86. The molecule has 0 aromatic heterocycles. The van der Waals surface area contributed by atoms with Crippen LogP contribution in [0.2, 0.25) is 0 Å². The molecule has 0 spiro atoms. The summed E-state index contributed by atoms with van der Waals surface area (Å²) < 4.78 is 26.2. The summed E-state index contributed by atoms with van der Waals surface area (Å²) in [5.41, 5.74) is 0.745. The van der Waals surface area contributed by atoms with Crippen molar-refractivity contribution in [2.24, 2.45) is 0 Å². The van der Waals surface area contributed by atoms with Gasteiger partial charge in [0, 0.05) is 13.5 Å². The maximum atomic E-state index is 12.0. The van der Waals surface area contributed by atoms with Gasteiger partial charge in [-0.15, -0.1) is 0 Å². The van der Waals surface area contributed by atoms with Gasteiger partial charge in [-0.1, -0.05) is 19.1 Å². The van der Waals surface area contributed by atoms with Crippen molar-refractivity contribution in [3.63, 3.8) is 0 Å². The molecule has 0 fully saturated rings. The third kappa shape index (κ3) is 5.16. The minimum Gasteiger partial charge on any atom is -0.480 e. The zero-order chi connectivity index (χ0) is 16.0. The van der Waals surface area contributed by atoms with E-state index in [-0.39, 0.29) is 17.2 Å². The second kappa shape index (κ2) is 7.19. The fourth-order valence-corrected chi connectivity index (χ4v) is 2.85. The van der Waals surface area contributed by atoms with Gasteiger partial charge in [-0.3, -0.25) is 9.59 Å². The number of carbonyl (C=O) groups is 2. The van der Waals surface area contributed by atoms with E-state index in [1.165, 1.54) is 19.1 Å². The van der Waals surface area contributed by atoms with E-state index in [1.54, 1.807) is 19.1 Å². The molecule has 0 heterocycles. The maximum Gasteiger partial charge on any atom is 0.321 e. The number of carboxylic acid groups (broad SMARTS) is 1. The summed E-state index contributed by atoms with van der Waals surface area (Å²) in [6.07, 6.45) is 0.148. The Morgan fingerprint density at radius 2 is 1.81 bits per heavy atom. The smallest absolute Gasteiger partial charge is 0.321 e. The van der Waals surface area contributed by atoms with Crippen LogP contribution >= 0.6 is 0 Å². The predicted octanol–water partition coefficient (Wildman–Crippen LogP) is 0.464. The van der Waals surface area contributed by atoms with Crippen molar-refractivity contribution in [1.29, 1.82) is 0 Å². The molecule has 0 radical (unpaired) electrons. The zero-order valence-electron chi connectivity index (χ0n) is 11.8. The number of benzene rings is 1. The molecule has 1 amide bonds. The molecule has 0 aliphatic carbocycles. The molecule has 0 saturated heterocycles. The summed E-state index contributed by atoms with van der Waals surface area (Å²) in [5, 5.41) is 11.5. The SMILES string of the molecule is CC[C@@H](NS(=O)(=O)c1ccc(CNC(C)=O)cc1)C(=O)O. The Labute approximate surface area is 123 Å². The molecule has 21 heavy (non-hydrogen) atoms. The Morgan fingerprint density at radius 3 is 2.24 bits per heavy atom. The normalized spacial score (nSPS) is 12.7. The second-order valence-electron chi connectivity index (χ2n) is 4.47. The first-order valence-electron chi connectivity index (χ1n) is 6.34. The molecule has 7 nitrogen and oxygen atoms in total. The summed E-state index contributed by atoms with van der Waals surface area (Å²) in [6, 6.07) is 4.70. The van der Waals surface area contributed by atoms with Crippen molar-refractivity contribution >= 4 is 21.9 Å². The predicted molar refractivity (Wildman–Crippen MR) is 76.0 cm³/mol. The van der Waals surface area contributed by atoms with Crippen LogP contribution in [0.15, 0.2) is 29.2 Å². The molecule has 1 atom stereocenters. The van der Waals surface area contributed by atoms with Gasteiger partial charge in [-0.25, -0.2) is 8.42 Å². The second-order valence-corrected chi connectivity index (χ2v) is 6.19. The van der Waals surface area contributed by atoms with Crippen molar-refractivity contribution in [1.82, 2.24) is 10.0 Å². The lowest BCUT2D eigenvalue weighted by Crippen LogP contribution is -2.40. The highest BCUT2D eigenvalue weighted by atomic mass is 32.2. The van der Waals surface area contributed by atoms with E-state index in [1.807, 2.05) is 0 Å². The van der Waals surface area contributed by atoms with E-state index in [2.05, 4.69) is 10.0 Å². The Bertz CT molecular complexity index is 610. The summed E-state index contributed by atoms with van der Waals surface area (Å²) in [4.78, 5) is 21.6. The van der Waals surface area contributed by atoms with Gasteiger partial charge in [-0.2, -0.15) is 4.72 Å². The van der Waals surface area contributed by atoms with Gasteiger partial charge in [0.25, 0.3) is 0 Å². The third-order valence-corrected chi connectivity index (χ3v) is 4.27. The lowest BCUT2D eigenvalue weighted by molar-refractivity contribution is -0.139. The minimum absolute atomic E-state index is 0.0197. The number of sulfonamides is 1. The Hall–Kier alpha value is -1.93. The molecule has 0 aliphatic rings. The zero-order valence-corrected chi connectivity index (χ0v) is 12.6. The van der Waals surface area contributed by atoms with E-state index < -0.39 is 22.0 Å². The molecule has 3 N–H and O–H groups in total.